The van der Waals surface area contributed by atoms with Gasteiger partial charge in [0.25, 0.3) is 5.91 Å². The molecular formula is C13H16ClNO3. The van der Waals surface area contributed by atoms with Gasteiger partial charge < -0.3 is 10.1 Å². The molecule has 1 N–H and O–H groups in total. The number of benzene rings is 1. The molecule has 1 aromatic rings. The SMILES string of the molecule is COc1ccccc1C(=O)NC(C(=O)Cl)C(C)C. The Morgan fingerprint density at radius 1 is 1.28 bits per heavy atom. The first-order chi connectivity index (χ1) is 8.47. The number of nitrogens with one attached hydrogen (secondary N) is 1. The Balaban J connectivity index is 2.90. The Kier molecular flexibility index (Phi) is 5.16. The zero-order valence-corrected chi connectivity index (χ0v) is 11.3. The zero-order valence-electron chi connectivity index (χ0n) is 10.6. The topological polar surface area (TPSA) is 55.4 Å². The minimum Gasteiger partial charge on any atom is -0.496 e. The molecule has 0 fully saturated rings. The third-order valence-electron chi connectivity index (χ3n) is 2.55. The van der Waals surface area contributed by atoms with E-state index in [2.05, 4.69) is 5.32 Å². The van der Waals surface area contributed by atoms with Crippen LogP contribution in [-0.2, 0) is 4.79 Å². The van der Waals surface area contributed by atoms with Crippen LogP contribution in [0.3, 0.4) is 0 Å². The molecule has 0 saturated carbocycles. The molecular weight excluding hydrogens is 254 g/mol. The van der Waals surface area contributed by atoms with Crippen molar-refractivity contribution in [3.8, 4) is 5.75 Å². The molecule has 0 bridgehead atoms. The van der Waals surface area contributed by atoms with Crippen molar-refractivity contribution in [3.63, 3.8) is 0 Å². The van der Waals surface area contributed by atoms with Gasteiger partial charge in [-0.15, -0.1) is 0 Å². The van der Waals surface area contributed by atoms with E-state index in [0.29, 0.717) is 11.3 Å². The van der Waals surface area contributed by atoms with Crippen LogP contribution in [0.1, 0.15) is 24.2 Å². The summed E-state index contributed by atoms with van der Waals surface area (Å²) in [6.45, 7) is 3.63. The van der Waals surface area contributed by atoms with Gasteiger partial charge in [0.15, 0.2) is 0 Å². The second-order valence-electron chi connectivity index (χ2n) is 4.20. The highest BCUT2D eigenvalue weighted by Gasteiger charge is 2.24. The van der Waals surface area contributed by atoms with Crippen molar-refractivity contribution in [2.75, 3.05) is 7.11 Å². The number of hydrogen-bond donors (Lipinski definition) is 1. The summed E-state index contributed by atoms with van der Waals surface area (Å²) in [5.74, 6) is 0.00772. The van der Waals surface area contributed by atoms with Crippen LogP contribution in [-0.4, -0.2) is 24.3 Å². The Hall–Kier alpha value is -1.55. The number of methoxy groups -OCH3 is 1. The highest BCUT2D eigenvalue weighted by molar-refractivity contribution is 6.64. The first-order valence-electron chi connectivity index (χ1n) is 5.60. The van der Waals surface area contributed by atoms with E-state index in [1.807, 2.05) is 13.8 Å². The number of halogens is 1. The molecule has 4 nitrogen and oxygen atoms in total. The summed E-state index contributed by atoms with van der Waals surface area (Å²) in [6.07, 6.45) is 0. The second-order valence-corrected chi connectivity index (χ2v) is 4.57. The Bertz CT molecular complexity index is 446. The van der Waals surface area contributed by atoms with Crippen LogP contribution < -0.4 is 10.1 Å². The first-order valence-corrected chi connectivity index (χ1v) is 5.98. The van der Waals surface area contributed by atoms with E-state index in [1.54, 1.807) is 24.3 Å². The van der Waals surface area contributed by atoms with Crippen LogP contribution in [0.2, 0.25) is 0 Å². The minimum atomic E-state index is -0.705. The van der Waals surface area contributed by atoms with Crippen LogP contribution in [0.5, 0.6) is 5.75 Å². The molecule has 1 unspecified atom stereocenters. The van der Waals surface area contributed by atoms with E-state index in [1.165, 1.54) is 7.11 Å². The summed E-state index contributed by atoms with van der Waals surface area (Å²) in [4.78, 5) is 23.3. The lowest BCUT2D eigenvalue weighted by Crippen LogP contribution is -2.42. The molecule has 0 radical (unpaired) electrons. The van der Waals surface area contributed by atoms with Gasteiger partial charge >= 0.3 is 0 Å². The molecule has 1 atom stereocenters. The van der Waals surface area contributed by atoms with E-state index in [-0.39, 0.29) is 11.8 Å². The summed E-state index contributed by atoms with van der Waals surface area (Å²) >= 11 is 5.46. The molecule has 0 aromatic heterocycles. The van der Waals surface area contributed by atoms with E-state index < -0.39 is 11.3 Å². The lowest BCUT2D eigenvalue weighted by molar-refractivity contribution is -0.114. The summed E-state index contributed by atoms with van der Waals surface area (Å²) in [5.41, 5.74) is 0.378. The molecule has 18 heavy (non-hydrogen) atoms. The predicted octanol–water partition coefficient (Wildman–Crippen LogP) is 2.21. The Morgan fingerprint density at radius 2 is 1.89 bits per heavy atom. The van der Waals surface area contributed by atoms with E-state index in [9.17, 15) is 9.59 Å². The van der Waals surface area contributed by atoms with E-state index >= 15 is 0 Å². The van der Waals surface area contributed by atoms with E-state index in [0.717, 1.165) is 0 Å². The molecule has 5 heteroatoms. The van der Waals surface area contributed by atoms with Gasteiger partial charge in [-0.25, -0.2) is 0 Å². The number of para-hydroxylation sites is 1. The van der Waals surface area contributed by atoms with Gasteiger partial charge in [0.1, 0.15) is 11.8 Å². The Labute approximate surface area is 111 Å². The normalized spacial score (nSPS) is 12.1. The van der Waals surface area contributed by atoms with Gasteiger partial charge in [0.2, 0.25) is 5.24 Å². The molecule has 1 rings (SSSR count). The molecule has 0 heterocycles. The van der Waals surface area contributed by atoms with Crippen LogP contribution >= 0.6 is 11.6 Å². The zero-order chi connectivity index (χ0) is 13.7. The first kappa shape index (κ1) is 14.5. The van der Waals surface area contributed by atoms with Gasteiger partial charge in [-0.2, -0.15) is 0 Å². The lowest BCUT2D eigenvalue weighted by atomic mass is 10.0. The molecule has 1 aromatic carbocycles. The van der Waals surface area contributed by atoms with Crippen molar-refractivity contribution in [2.24, 2.45) is 5.92 Å². The van der Waals surface area contributed by atoms with Crippen molar-refractivity contribution in [1.29, 1.82) is 0 Å². The molecule has 0 aliphatic carbocycles. The average molecular weight is 270 g/mol. The number of carbonyl (C=O) groups excluding carboxylic acids is 2. The largest absolute Gasteiger partial charge is 0.496 e. The maximum atomic E-state index is 12.0. The second kappa shape index (κ2) is 6.40. The maximum Gasteiger partial charge on any atom is 0.255 e. The monoisotopic (exact) mass is 269 g/mol. The summed E-state index contributed by atoms with van der Waals surface area (Å²) in [6, 6.07) is 6.10. The standard InChI is InChI=1S/C13H16ClNO3/c1-8(2)11(12(14)16)15-13(17)9-6-4-5-7-10(9)18-3/h4-8,11H,1-3H3,(H,15,17). The Morgan fingerprint density at radius 3 is 2.39 bits per heavy atom. The van der Waals surface area contributed by atoms with Crippen molar-refractivity contribution in [1.82, 2.24) is 5.32 Å². The van der Waals surface area contributed by atoms with Crippen molar-refractivity contribution in [3.05, 3.63) is 29.8 Å². The highest BCUT2D eigenvalue weighted by atomic mass is 35.5. The number of rotatable bonds is 5. The third-order valence-corrected chi connectivity index (χ3v) is 2.78. The summed E-state index contributed by atoms with van der Waals surface area (Å²) in [7, 11) is 1.48. The molecule has 0 aliphatic heterocycles. The van der Waals surface area contributed by atoms with Gasteiger partial charge in [-0.05, 0) is 29.7 Å². The van der Waals surface area contributed by atoms with Gasteiger partial charge in [-0.1, -0.05) is 26.0 Å². The number of amides is 1. The fourth-order valence-corrected chi connectivity index (χ4v) is 1.84. The maximum absolute atomic E-state index is 12.0. The average Bonchev–Trinajstić information content (AvgIpc) is 2.34. The van der Waals surface area contributed by atoms with E-state index in [4.69, 9.17) is 16.3 Å². The van der Waals surface area contributed by atoms with Crippen LogP contribution in [0.25, 0.3) is 0 Å². The third kappa shape index (κ3) is 3.47. The molecule has 0 saturated heterocycles. The van der Waals surface area contributed by atoms with Gasteiger partial charge in [0, 0.05) is 0 Å². The molecule has 0 aliphatic rings. The molecule has 0 spiro atoms. The fraction of sp³-hybridized carbons (Fsp3) is 0.385. The number of carbonyl (C=O) groups is 2. The number of hydrogen-bond acceptors (Lipinski definition) is 3. The minimum absolute atomic E-state index is 0.0753. The highest BCUT2D eigenvalue weighted by Crippen LogP contribution is 2.18. The summed E-state index contributed by atoms with van der Waals surface area (Å²) < 4.78 is 5.09. The van der Waals surface area contributed by atoms with Crippen molar-refractivity contribution in [2.45, 2.75) is 19.9 Å². The van der Waals surface area contributed by atoms with Crippen molar-refractivity contribution < 1.29 is 14.3 Å². The van der Waals surface area contributed by atoms with Crippen LogP contribution in [0.15, 0.2) is 24.3 Å². The smallest absolute Gasteiger partial charge is 0.255 e. The number of ether oxygens (including phenoxy) is 1. The molecule has 98 valence electrons. The predicted molar refractivity (Wildman–Crippen MR) is 69.9 cm³/mol. The quantitative estimate of drug-likeness (QED) is 0.834. The van der Waals surface area contributed by atoms with Crippen LogP contribution in [0, 0.1) is 5.92 Å². The molecule has 1 amide bonds. The van der Waals surface area contributed by atoms with Gasteiger partial charge in [-0.3, -0.25) is 9.59 Å². The van der Waals surface area contributed by atoms with Crippen molar-refractivity contribution >= 4 is 22.8 Å². The summed E-state index contributed by atoms with van der Waals surface area (Å²) in [5, 5.41) is 2.03. The fourth-order valence-electron chi connectivity index (χ4n) is 1.54. The van der Waals surface area contributed by atoms with Crippen LogP contribution in [0.4, 0.5) is 0 Å². The van der Waals surface area contributed by atoms with Gasteiger partial charge in [0.05, 0.1) is 12.7 Å². The lowest BCUT2D eigenvalue weighted by Gasteiger charge is -2.18.